The first kappa shape index (κ1) is 23.1. The van der Waals surface area contributed by atoms with Crippen molar-refractivity contribution < 1.29 is 28.2 Å². The van der Waals surface area contributed by atoms with Gasteiger partial charge < -0.3 is 24.4 Å². The summed E-state index contributed by atoms with van der Waals surface area (Å²) in [6.45, 7) is 0.361. The van der Waals surface area contributed by atoms with Crippen LogP contribution in [0.15, 0.2) is 60.7 Å². The van der Waals surface area contributed by atoms with E-state index in [1.807, 2.05) is 18.2 Å². The number of benzene rings is 3. The molecular weight excluding hydrogens is 439 g/mol. The lowest BCUT2D eigenvalue weighted by molar-refractivity contribution is -0.117. The molecule has 0 bridgehead atoms. The quantitative estimate of drug-likeness (QED) is 0.528. The van der Waals surface area contributed by atoms with Crippen molar-refractivity contribution in [3.8, 4) is 17.2 Å². The van der Waals surface area contributed by atoms with E-state index in [1.54, 1.807) is 23.1 Å². The maximum Gasteiger partial charge on any atom is 0.255 e. The predicted molar refractivity (Wildman–Crippen MR) is 125 cm³/mol. The number of methoxy groups -OCH3 is 3. The Kier molecular flexibility index (Phi) is 6.67. The number of halogens is 1. The van der Waals surface area contributed by atoms with Crippen LogP contribution in [0.2, 0.25) is 0 Å². The van der Waals surface area contributed by atoms with Crippen LogP contribution in [0.3, 0.4) is 0 Å². The molecule has 0 unspecified atom stereocenters. The number of anilines is 1. The van der Waals surface area contributed by atoms with Crippen molar-refractivity contribution in [2.45, 2.75) is 19.0 Å². The normalized spacial score (nSPS) is 13.3. The fourth-order valence-corrected chi connectivity index (χ4v) is 4.15. The molecule has 7 nitrogen and oxygen atoms in total. The lowest BCUT2D eigenvalue weighted by Crippen LogP contribution is -2.32. The van der Waals surface area contributed by atoms with Gasteiger partial charge in [-0.1, -0.05) is 18.2 Å². The molecule has 4 rings (SSSR count). The van der Waals surface area contributed by atoms with Crippen molar-refractivity contribution in [1.29, 1.82) is 0 Å². The average Bonchev–Trinajstić information content (AvgIpc) is 3.19. The molecule has 1 heterocycles. The van der Waals surface area contributed by atoms with Crippen molar-refractivity contribution in [1.82, 2.24) is 4.90 Å². The highest BCUT2D eigenvalue weighted by Gasteiger charge is 2.35. The van der Waals surface area contributed by atoms with Crippen LogP contribution < -0.4 is 19.5 Å². The first-order chi connectivity index (χ1) is 16.4. The van der Waals surface area contributed by atoms with Gasteiger partial charge in [-0.25, -0.2) is 4.39 Å². The number of nitrogens with zero attached hydrogens (tertiary/aromatic N) is 1. The highest BCUT2D eigenvalue weighted by Crippen LogP contribution is 2.43. The molecule has 0 saturated carbocycles. The fraction of sp³-hybridized carbons (Fsp3) is 0.231. The van der Waals surface area contributed by atoms with Crippen LogP contribution in [0.1, 0.15) is 33.9 Å². The van der Waals surface area contributed by atoms with Crippen molar-refractivity contribution in [2.75, 3.05) is 26.6 Å². The van der Waals surface area contributed by atoms with Crippen LogP contribution in [0.25, 0.3) is 0 Å². The van der Waals surface area contributed by atoms with E-state index in [9.17, 15) is 14.0 Å². The van der Waals surface area contributed by atoms with Crippen LogP contribution in [0.5, 0.6) is 17.2 Å². The van der Waals surface area contributed by atoms with Gasteiger partial charge in [-0.2, -0.15) is 0 Å². The van der Waals surface area contributed by atoms with Crippen molar-refractivity contribution >= 4 is 17.5 Å². The van der Waals surface area contributed by atoms with E-state index in [2.05, 4.69) is 5.32 Å². The molecule has 2 amide bonds. The Hall–Kier alpha value is -4.07. The highest BCUT2D eigenvalue weighted by molar-refractivity contribution is 5.99. The summed E-state index contributed by atoms with van der Waals surface area (Å²) in [5.74, 6) is 0.376. The minimum Gasteiger partial charge on any atom is -0.493 e. The Balaban J connectivity index is 1.71. The molecule has 8 heteroatoms. The maximum atomic E-state index is 13.3. The summed E-state index contributed by atoms with van der Waals surface area (Å²) >= 11 is 0. The Morgan fingerprint density at radius 2 is 1.65 bits per heavy atom. The molecule has 3 aromatic carbocycles. The zero-order valence-electron chi connectivity index (χ0n) is 19.1. The lowest BCUT2D eigenvalue weighted by atomic mass is 10.00. The molecule has 1 aliphatic heterocycles. The number of ether oxygens (including phenoxy) is 3. The van der Waals surface area contributed by atoms with Gasteiger partial charge in [-0.3, -0.25) is 9.59 Å². The summed E-state index contributed by atoms with van der Waals surface area (Å²) in [5.41, 5.74) is 2.62. The van der Waals surface area contributed by atoms with Gasteiger partial charge in [-0.15, -0.1) is 0 Å². The summed E-state index contributed by atoms with van der Waals surface area (Å²) in [6.07, 6.45) is -0.0320. The molecule has 0 aromatic heterocycles. The van der Waals surface area contributed by atoms with Crippen molar-refractivity contribution in [2.24, 2.45) is 0 Å². The zero-order valence-corrected chi connectivity index (χ0v) is 19.1. The van der Waals surface area contributed by atoms with E-state index in [0.717, 1.165) is 5.56 Å². The molecular formula is C26H25FN2O5. The second-order valence-corrected chi connectivity index (χ2v) is 7.82. The number of hydrogen-bond donors (Lipinski definition) is 1. The Morgan fingerprint density at radius 1 is 1.00 bits per heavy atom. The first-order valence-electron chi connectivity index (χ1n) is 10.7. The summed E-state index contributed by atoms with van der Waals surface area (Å²) < 4.78 is 29.6. The van der Waals surface area contributed by atoms with Gasteiger partial charge in [0.05, 0.1) is 33.8 Å². The zero-order chi connectivity index (χ0) is 24.2. The number of carbonyl (C=O) groups is 2. The van der Waals surface area contributed by atoms with Gasteiger partial charge in [0.25, 0.3) is 5.91 Å². The first-order valence-corrected chi connectivity index (χ1v) is 10.7. The van der Waals surface area contributed by atoms with Gasteiger partial charge in [0.15, 0.2) is 11.5 Å². The number of fused-ring (bicyclic) bond motifs is 1. The number of rotatable bonds is 8. The largest absolute Gasteiger partial charge is 0.493 e. The van der Waals surface area contributed by atoms with E-state index in [4.69, 9.17) is 14.2 Å². The summed E-state index contributed by atoms with van der Waals surface area (Å²) in [7, 11) is 4.52. The molecule has 3 aromatic rings. The van der Waals surface area contributed by atoms with Gasteiger partial charge >= 0.3 is 0 Å². The maximum absolute atomic E-state index is 13.3. The van der Waals surface area contributed by atoms with E-state index >= 15 is 0 Å². The second-order valence-electron chi connectivity index (χ2n) is 7.82. The summed E-state index contributed by atoms with van der Waals surface area (Å²) in [4.78, 5) is 28.0. The minimum absolute atomic E-state index is 0.0320. The molecule has 34 heavy (non-hydrogen) atoms. The van der Waals surface area contributed by atoms with Gasteiger partial charge in [0, 0.05) is 17.8 Å². The second kappa shape index (κ2) is 9.82. The average molecular weight is 464 g/mol. The third-order valence-electron chi connectivity index (χ3n) is 5.80. The van der Waals surface area contributed by atoms with E-state index in [-0.39, 0.29) is 18.2 Å². The van der Waals surface area contributed by atoms with Crippen LogP contribution in [0.4, 0.5) is 10.1 Å². The molecule has 0 saturated heterocycles. The smallest absolute Gasteiger partial charge is 0.255 e. The van der Waals surface area contributed by atoms with Crippen molar-refractivity contribution in [3.63, 3.8) is 0 Å². The third-order valence-corrected chi connectivity index (χ3v) is 5.80. The van der Waals surface area contributed by atoms with Gasteiger partial charge in [-0.05, 0) is 53.6 Å². The van der Waals surface area contributed by atoms with E-state index in [0.29, 0.717) is 40.6 Å². The van der Waals surface area contributed by atoms with Crippen LogP contribution in [-0.2, 0) is 11.3 Å². The van der Waals surface area contributed by atoms with Crippen molar-refractivity contribution in [3.05, 3.63) is 83.2 Å². The van der Waals surface area contributed by atoms with Gasteiger partial charge in [0.2, 0.25) is 11.7 Å². The monoisotopic (exact) mass is 464 g/mol. The molecule has 0 aliphatic carbocycles. The third kappa shape index (κ3) is 4.52. The molecule has 0 spiro atoms. The topological polar surface area (TPSA) is 77.1 Å². The SMILES string of the molecule is COc1cc([C@H](CC(=O)Nc2ccc(F)cc2)N2Cc3ccccc3C2=O)cc(OC)c1OC. The van der Waals surface area contributed by atoms with Crippen LogP contribution in [0, 0.1) is 5.82 Å². The molecule has 1 aliphatic rings. The van der Waals surface area contributed by atoms with E-state index < -0.39 is 11.9 Å². The molecule has 1 atom stereocenters. The fourth-order valence-electron chi connectivity index (χ4n) is 4.15. The van der Waals surface area contributed by atoms with Crippen LogP contribution in [-0.4, -0.2) is 38.0 Å². The summed E-state index contributed by atoms with van der Waals surface area (Å²) in [6, 6.07) is 15.8. The van der Waals surface area contributed by atoms with E-state index in [1.165, 1.54) is 45.6 Å². The summed E-state index contributed by atoms with van der Waals surface area (Å²) in [5, 5.41) is 2.78. The van der Waals surface area contributed by atoms with Gasteiger partial charge in [0.1, 0.15) is 5.82 Å². The number of nitrogens with one attached hydrogen (secondary N) is 1. The number of hydrogen-bond acceptors (Lipinski definition) is 5. The molecule has 176 valence electrons. The minimum atomic E-state index is -0.617. The lowest BCUT2D eigenvalue weighted by Gasteiger charge is -2.29. The number of amides is 2. The molecule has 0 fully saturated rings. The Labute approximate surface area is 197 Å². The Bertz CT molecular complexity index is 1190. The molecule has 0 radical (unpaired) electrons. The predicted octanol–water partition coefficient (Wildman–Crippen LogP) is 4.58. The van der Waals surface area contributed by atoms with Crippen LogP contribution >= 0.6 is 0 Å². The standard InChI is InChI=1S/C26H25FN2O5/c1-32-22-12-17(13-23(33-2)25(22)34-3)21(14-24(30)28-19-10-8-18(27)9-11-19)29-15-16-6-4-5-7-20(16)26(29)31/h4-13,21H,14-15H2,1-3H3,(H,28,30)/t21-/m0/s1. The highest BCUT2D eigenvalue weighted by atomic mass is 19.1. The molecule has 1 N–H and O–H groups in total. The Morgan fingerprint density at radius 3 is 2.24 bits per heavy atom. The number of carbonyl (C=O) groups excluding carboxylic acids is 2.